The number of amides is 1. The molecule has 0 fully saturated rings. The van der Waals surface area contributed by atoms with Crippen molar-refractivity contribution < 1.29 is 14.3 Å². The molecule has 0 bridgehead atoms. The van der Waals surface area contributed by atoms with Gasteiger partial charge in [-0.15, -0.1) is 0 Å². The molecular weight excluding hydrogens is 430 g/mol. The summed E-state index contributed by atoms with van der Waals surface area (Å²) in [5.41, 5.74) is 1.95. The van der Waals surface area contributed by atoms with E-state index in [1.807, 2.05) is 36.4 Å². The lowest BCUT2D eigenvalue weighted by atomic mass is 10.1. The zero-order valence-electron chi connectivity index (χ0n) is 14.5. The quantitative estimate of drug-likeness (QED) is 0.509. The van der Waals surface area contributed by atoms with Crippen molar-refractivity contribution in [1.29, 1.82) is 0 Å². The van der Waals surface area contributed by atoms with Crippen LogP contribution in [0.2, 0.25) is 5.02 Å². The highest BCUT2D eigenvalue weighted by Crippen LogP contribution is 2.27. The van der Waals surface area contributed by atoms with Crippen molar-refractivity contribution >= 4 is 39.1 Å². The zero-order chi connectivity index (χ0) is 19.2. The van der Waals surface area contributed by atoms with Gasteiger partial charge in [0.05, 0.1) is 17.8 Å². The van der Waals surface area contributed by atoms with E-state index >= 15 is 0 Å². The molecule has 6 heteroatoms. The summed E-state index contributed by atoms with van der Waals surface area (Å²) in [6, 6.07) is 19.9. The SMILES string of the molecule is COc1ccc(C(=O)Nc2ccccc2Br)cc1COc1ccccc1Cl. The Morgan fingerprint density at radius 1 is 1.04 bits per heavy atom. The second kappa shape index (κ2) is 8.93. The van der Waals surface area contributed by atoms with E-state index in [2.05, 4.69) is 21.2 Å². The first-order valence-electron chi connectivity index (χ1n) is 8.18. The molecule has 1 N–H and O–H groups in total. The van der Waals surface area contributed by atoms with Crippen LogP contribution >= 0.6 is 27.5 Å². The molecule has 4 nitrogen and oxygen atoms in total. The van der Waals surface area contributed by atoms with Crippen LogP contribution in [0.15, 0.2) is 71.2 Å². The van der Waals surface area contributed by atoms with Gasteiger partial charge in [-0.05, 0) is 58.4 Å². The molecule has 0 spiro atoms. The molecule has 0 aliphatic rings. The monoisotopic (exact) mass is 445 g/mol. The van der Waals surface area contributed by atoms with Gasteiger partial charge >= 0.3 is 0 Å². The van der Waals surface area contributed by atoms with Crippen molar-refractivity contribution in [1.82, 2.24) is 0 Å². The first kappa shape index (κ1) is 19.3. The van der Waals surface area contributed by atoms with Gasteiger partial charge in [0.1, 0.15) is 18.1 Å². The van der Waals surface area contributed by atoms with E-state index in [9.17, 15) is 4.79 Å². The molecule has 3 aromatic carbocycles. The number of methoxy groups -OCH3 is 1. The summed E-state index contributed by atoms with van der Waals surface area (Å²) in [6.45, 7) is 0.225. The molecule has 0 radical (unpaired) electrons. The Hall–Kier alpha value is -2.50. The lowest BCUT2D eigenvalue weighted by molar-refractivity contribution is 0.102. The molecule has 0 unspecified atom stereocenters. The predicted octanol–water partition coefficient (Wildman–Crippen LogP) is 5.94. The van der Waals surface area contributed by atoms with E-state index in [0.29, 0.717) is 27.8 Å². The minimum Gasteiger partial charge on any atom is -0.496 e. The maximum atomic E-state index is 12.6. The zero-order valence-corrected chi connectivity index (χ0v) is 16.9. The molecule has 3 aromatic rings. The molecule has 3 rings (SSSR count). The van der Waals surface area contributed by atoms with E-state index in [0.717, 1.165) is 10.0 Å². The summed E-state index contributed by atoms with van der Waals surface area (Å²) in [4.78, 5) is 12.6. The summed E-state index contributed by atoms with van der Waals surface area (Å²) in [7, 11) is 1.58. The molecule has 1 amide bonds. The fraction of sp³-hybridized carbons (Fsp3) is 0.0952. The van der Waals surface area contributed by atoms with Crippen LogP contribution in [0, 0.1) is 0 Å². The Labute approximate surface area is 171 Å². The number of para-hydroxylation sites is 2. The first-order chi connectivity index (χ1) is 13.1. The van der Waals surface area contributed by atoms with Gasteiger partial charge in [-0.2, -0.15) is 0 Å². The number of rotatable bonds is 6. The van der Waals surface area contributed by atoms with Crippen molar-refractivity contribution in [3.8, 4) is 11.5 Å². The topological polar surface area (TPSA) is 47.6 Å². The fourth-order valence-electron chi connectivity index (χ4n) is 2.51. The number of halogens is 2. The Balaban J connectivity index is 1.79. The number of hydrogen-bond donors (Lipinski definition) is 1. The summed E-state index contributed by atoms with van der Waals surface area (Å²) >= 11 is 9.55. The van der Waals surface area contributed by atoms with Gasteiger partial charge in [-0.3, -0.25) is 4.79 Å². The van der Waals surface area contributed by atoms with Crippen LogP contribution in [-0.2, 0) is 6.61 Å². The minimum atomic E-state index is -0.219. The molecular formula is C21H17BrClNO3. The van der Waals surface area contributed by atoms with Gasteiger partial charge in [0.25, 0.3) is 5.91 Å². The highest BCUT2D eigenvalue weighted by atomic mass is 79.9. The molecule has 138 valence electrons. The van der Waals surface area contributed by atoms with Crippen LogP contribution in [0.4, 0.5) is 5.69 Å². The highest BCUT2D eigenvalue weighted by Gasteiger charge is 2.13. The van der Waals surface area contributed by atoms with Crippen LogP contribution < -0.4 is 14.8 Å². The van der Waals surface area contributed by atoms with E-state index in [4.69, 9.17) is 21.1 Å². The van der Waals surface area contributed by atoms with Crippen LogP contribution in [0.25, 0.3) is 0 Å². The van der Waals surface area contributed by atoms with Crippen molar-refractivity contribution in [2.75, 3.05) is 12.4 Å². The van der Waals surface area contributed by atoms with E-state index in [1.54, 1.807) is 37.4 Å². The van der Waals surface area contributed by atoms with Gasteiger partial charge in [-0.1, -0.05) is 35.9 Å². The third kappa shape index (κ3) is 4.81. The number of anilines is 1. The van der Waals surface area contributed by atoms with Crippen LogP contribution in [0.3, 0.4) is 0 Å². The van der Waals surface area contributed by atoms with Gasteiger partial charge in [0.15, 0.2) is 0 Å². The van der Waals surface area contributed by atoms with Gasteiger partial charge < -0.3 is 14.8 Å². The number of hydrogen-bond acceptors (Lipinski definition) is 3. The molecule has 0 heterocycles. The van der Waals surface area contributed by atoms with Gasteiger partial charge in [0, 0.05) is 15.6 Å². The van der Waals surface area contributed by atoms with Crippen molar-refractivity contribution in [2.24, 2.45) is 0 Å². The lowest BCUT2D eigenvalue weighted by Gasteiger charge is -2.13. The van der Waals surface area contributed by atoms with Crippen LogP contribution in [0.1, 0.15) is 15.9 Å². The molecule has 0 aliphatic heterocycles. The summed E-state index contributed by atoms with van der Waals surface area (Å²) in [5.74, 6) is 0.993. The lowest BCUT2D eigenvalue weighted by Crippen LogP contribution is -2.13. The first-order valence-corrected chi connectivity index (χ1v) is 9.35. The highest BCUT2D eigenvalue weighted by molar-refractivity contribution is 9.10. The molecule has 0 aliphatic carbocycles. The maximum absolute atomic E-state index is 12.6. The van der Waals surface area contributed by atoms with E-state index in [-0.39, 0.29) is 12.5 Å². The summed E-state index contributed by atoms with van der Waals surface area (Å²) < 4.78 is 12.0. The smallest absolute Gasteiger partial charge is 0.255 e. The second-order valence-corrected chi connectivity index (χ2v) is 6.94. The average molecular weight is 447 g/mol. The van der Waals surface area contributed by atoms with Gasteiger partial charge in [0.2, 0.25) is 0 Å². The molecule has 27 heavy (non-hydrogen) atoms. The minimum absolute atomic E-state index is 0.219. The maximum Gasteiger partial charge on any atom is 0.255 e. The van der Waals surface area contributed by atoms with Crippen LogP contribution in [-0.4, -0.2) is 13.0 Å². The molecule has 0 aromatic heterocycles. The molecule has 0 saturated carbocycles. The van der Waals surface area contributed by atoms with Crippen molar-refractivity contribution in [3.05, 3.63) is 87.4 Å². The second-order valence-electron chi connectivity index (χ2n) is 5.68. The van der Waals surface area contributed by atoms with Crippen molar-refractivity contribution in [3.63, 3.8) is 0 Å². The van der Waals surface area contributed by atoms with Gasteiger partial charge in [-0.25, -0.2) is 0 Å². The summed E-state index contributed by atoms with van der Waals surface area (Å²) in [5, 5.41) is 3.41. The van der Waals surface area contributed by atoms with Crippen molar-refractivity contribution in [2.45, 2.75) is 6.61 Å². The predicted molar refractivity (Wildman–Crippen MR) is 111 cm³/mol. The number of benzene rings is 3. The number of nitrogens with one attached hydrogen (secondary N) is 1. The summed E-state index contributed by atoms with van der Waals surface area (Å²) in [6.07, 6.45) is 0. The van der Waals surface area contributed by atoms with E-state index in [1.165, 1.54) is 0 Å². The normalized spacial score (nSPS) is 10.3. The fourth-order valence-corrected chi connectivity index (χ4v) is 3.08. The Kier molecular flexibility index (Phi) is 6.37. The third-order valence-electron chi connectivity index (χ3n) is 3.88. The van der Waals surface area contributed by atoms with Crippen LogP contribution in [0.5, 0.6) is 11.5 Å². The Bertz CT molecular complexity index is 962. The Morgan fingerprint density at radius 3 is 2.52 bits per heavy atom. The third-order valence-corrected chi connectivity index (χ3v) is 4.89. The number of ether oxygens (including phenoxy) is 2. The Morgan fingerprint density at radius 2 is 1.78 bits per heavy atom. The number of carbonyl (C=O) groups is 1. The molecule has 0 saturated heterocycles. The molecule has 0 atom stereocenters. The standard InChI is InChI=1S/C21H17BrClNO3/c1-26-19-11-10-14(21(25)24-18-8-4-2-6-16(18)22)12-15(19)13-27-20-9-5-3-7-17(20)23/h2-12H,13H2,1H3,(H,24,25). The number of carbonyl (C=O) groups excluding carboxylic acids is 1. The largest absolute Gasteiger partial charge is 0.496 e. The van der Waals surface area contributed by atoms with E-state index < -0.39 is 0 Å². The average Bonchev–Trinajstić information content (AvgIpc) is 2.69.